The zero-order valence-electron chi connectivity index (χ0n) is 13.3. The summed E-state index contributed by atoms with van der Waals surface area (Å²) < 4.78 is 27.4. The highest BCUT2D eigenvalue weighted by atomic mass is 32.2. The summed E-state index contributed by atoms with van der Waals surface area (Å²) in [7, 11) is -3.36. The Bertz CT molecular complexity index is 721. The smallest absolute Gasteiger partial charge is 0.212 e. The normalized spacial score (nSPS) is 13.0. The summed E-state index contributed by atoms with van der Waals surface area (Å²) in [5.41, 5.74) is 4.10. The van der Waals surface area contributed by atoms with Crippen molar-refractivity contribution < 1.29 is 8.42 Å². The van der Waals surface area contributed by atoms with Crippen molar-refractivity contribution in [2.24, 2.45) is 0 Å². The first kappa shape index (κ1) is 16.7. The molecule has 4 heteroatoms. The maximum atomic E-state index is 12.3. The molecule has 0 aliphatic carbocycles. The summed E-state index contributed by atoms with van der Waals surface area (Å²) in [6.45, 7) is 5.93. The van der Waals surface area contributed by atoms with Gasteiger partial charge in [-0.15, -0.1) is 0 Å². The van der Waals surface area contributed by atoms with E-state index in [4.69, 9.17) is 0 Å². The van der Waals surface area contributed by atoms with E-state index in [9.17, 15) is 8.42 Å². The number of hydrogen-bond donors (Lipinski definition) is 1. The molecule has 118 valence electrons. The topological polar surface area (TPSA) is 46.2 Å². The van der Waals surface area contributed by atoms with Crippen LogP contribution < -0.4 is 4.72 Å². The van der Waals surface area contributed by atoms with E-state index in [0.717, 1.165) is 23.1 Å². The van der Waals surface area contributed by atoms with Crippen molar-refractivity contribution in [3.63, 3.8) is 0 Å². The third-order valence-corrected chi connectivity index (χ3v) is 5.11. The number of aryl methyl sites for hydroxylation is 2. The van der Waals surface area contributed by atoms with Crippen molar-refractivity contribution in [3.05, 3.63) is 70.8 Å². The van der Waals surface area contributed by atoms with Crippen LogP contribution in [0.4, 0.5) is 0 Å². The molecule has 1 N–H and O–H groups in total. The number of hydrogen-bond acceptors (Lipinski definition) is 2. The maximum Gasteiger partial charge on any atom is 0.216 e. The molecule has 1 atom stereocenters. The van der Waals surface area contributed by atoms with E-state index < -0.39 is 10.0 Å². The average Bonchev–Trinajstić information content (AvgIpc) is 2.46. The second-order valence-corrected chi connectivity index (χ2v) is 7.44. The van der Waals surface area contributed by atoms with E-state index >= 15 is 0 Å². The minimum absolute atomic E-state index is 0.00602. The molecule has 0 spiro atoms. The Morgan fingerprint density at radius 3 is 2.32 bits per heavy atom. The number of sulfonamides is 1. The fourth-order valence-electron chi connectivity index (χ4n) is 2.44. The lowest BCUT2D eigenvalue weighted by Crippen LogP contribution is -2.28. The molecule has 2 aromatic rings. The fourth-order valence-corrected chi connectivity index (χ4v) is 3.82. The molecule has 22 heavy (non-hydrogen) atoms. The second kappa shape index (κ2) is 7.07. The largest absolute Gasteiger partial charge is 0.216 e. The molecule has 2 rings (SSSR count). The van der Waals surface area contributed by atoms with Gasteiger partial charge in [0.15, 0.2) is 0 Å². The lowest BCUT2D eigenvalue weighted by atomic mass is 10.1. The maximum absolute atomic E-state index is 12.3. The predicted molar refractivity (Wildman–Crippen MR) is 91.2 cm³/mol. The van der Waals surface area contributed by atoms with Gasteiger partial charge < -0.3 is 0 Å². The first-order chi connectivity index (χ1) is 10.4. The van der Waals surface area contributed by atoms with Gasteiger partial charge in [-0.25, -0.2) is 13.1 Å². The summed E-state index contributed by atoms with van der Waals surface area (Å²) in [5.74, 6) is 0.00602. The monoisotopic (exact) mass is 317 g/mol. The van der Waals surface area contributed by atoms with Crippen LogP contribution in [0.3, 0.4) is 0 Å². The van der Waals surface area contributed by atoms with E-state index in [1.165, 1.54) is 5.56 Å². The molecule has 0 amide bonds. The molecule has 0 saturated heterocycles. The van der Waals surface area contributed by atoms with Gasteiger partial charge in [0, 0.05) is 6.04 Å². The van der Waals surface area contributed by atoms with Crippen molar-refractivity contribution >= 4 is 10.0 Å². The minimum Gasteiger partial charge on any atom is -0.212 e. The molecule has 0 saturated carbocycles. The summed E-state index contributed by atoms with van der Waals surface area (Å²) in [6, 6.07) is 15.4. The molecule has 0 radical (unpaired) electrons. The van der Waals surface area contributed by atoms with E-state index in [1.54, 1.807) is 0 Å². The van der Waals surface area contributed by atoms with Gasteiger partial charge in [0.05, 0.1) is 5.75 Å². The van der Waals surface area contributed by atoms with E-state index in [0.29, 0.717) is 0 Å². The molecule has 0 fully saturated rings. The molecule has 3 nitrogen and oxygen atoms in total. The Balaban J connectivity index is 2.07. The Labute approximate surface area is 133 Å². The van der Waals surface area contributed by atoms with Gasteiger partial charge in [0.25, 0.3) is 0 Å². The molecule has 0 unspecified atom stereocenters. The summed E-state index contributed by atoms with van der Waals surface area (Å²) in [5, 5.41) is 0. The van der Waals surface area contributed by atoms with Crippen LogP contribution in [0.1, 0.15) is 42.1 Å². The first-order valence-electron chi connectivity index (χ1n) is 7.54. The van der Waals surface area contributed by atoms with Crippen LogP contribution in [0.15, 0.2) is 48.5 Å². The fraction of sp³-hybridized carbons (Fsp3) is 0.333. The van der Waals surface area contributed by atoms with Crippen molar-refractivity contribution in [1.82, 2.24) is 4.72 Å². The highest BCUT2D eigenvalue weighted by Crippen LogP contribution is 2.16. The summed E-state index contributed by atoms with van der Waals surface area (Å²) >= 11 is 0. The van der Waals surface area contributed by atoms with Gasteiger partial charge in [-0.05, 0) is 37.0 Å². The van der Waals surface area contributed by atoms with E-state index in [1.807, 2.05) is 62.4 Å². The zero-order valence-corrected chi connectivity index (χ0v) is 14.2. The average molecular weight is 317 g/mol. The Morgan fingerprint density at radius 2 is 1.73 bits per heavy atom. The van der Waals surface area contributed by atoms with Crippen LogP contribution in [-0.4, -0.2) is 8.42 Å². The quantitative estimate of drug-likeness (QED) is 0.882. The second-order valence-electron chi connectivity index (χ2n) is 5.68. The number of benzene rings is 2. The van der Waals surface area contributed by atoms with Crippen LogP contribution in [-0.2, 0) is 22.2 Å². The molecule has 0 heterocycles. The van der Waals surface area contributed by atoms with Crippen LogP contribution in [0, 0.1) is 6.92 Å². The van der Waals surface area contributed by atoms with Gasteiger partial charge in [-0.3, -0.25) is 0 Å². The highest BCUT2D eigenvalue weighted by molar-refractivity contribution is 7.88. The van der Waals surface area contributed by atoms with Crippen LogP contribution in [0.5, 0.6) is 0 Å². The van der Waals surface area contributed by atoms with Crippen LogP contribution in [0.2, 0.25) is 0 Å². The van der Waals surface area contributed by atoms with Crippen molar-refractivity contribution in [2.45, 2.75) is 39.0 Å². The molecule has 0 bridgehead atoms. The third-order valence-electron chi connectivity index (χ3n) is 3.68. The molecule has 0 aliphatic rings. The number of rotatable bonds is 6. The highest BCUT2D eigenvalue weighted by Gasteiger charge is 2.16. The standard InChI is InChI=1S/C18H23NO2S/c1-4-16-8-10-18(11-9-16)15(3)19-22(20,21)13-17-7-5-6-14(2)12-17/h5-12,15,19H,4,13H2,1-3H3/t15-/m0/s1. The summed E-state index contributed by atoms with van der Waals surface area (Å²) in [4.78, 5) is 0. The van der Waals surface area contributed by atoms with Gasteiger partial charge >= 0.3 is 0 Å². The molecule has 0 aromatic heterocycles. The minimum atomic E-state index is -3.36. The Morgan fingerprint density at radius 1 is 1.05 bits per heavy atom. The van der Waals surface area contributed by atoms with Gasteiger partial charge in [0.2, 0.25) is 10.0 Å². The third kappa shape index (κ3) is 4.68. The Hall–Kier alpha value is -1.65. The molecular weight excluding hydrogens is 294 g/mol. The molecule has 0 aliphatic heterocycles. The van der Waals surface area contributed by atoms with Crippen molar-refractivity contribution in [1.29, 1.82) is 0 Å². The number of nitrogens with one attached hydrogen (secondary N) is 1. The van der Waals surface area contributed by atoms with Gasteiger partial charge in [-0.1, -0.05) is 61.0 Å². The van der Waals surface area contributed by atoms with Crippen molar-refractivity contribution in [2.75, 3.05) is 0 Å². The molecular formula is C18H23NO2S. The predicted octanol–water partition coefficient (Wildman–Crippen LogP) is 3.74. The van der Waals surface area contributed by atoms with Crippen molar-refractivity contribution in [3.8, 4) is 0 Å². The van der Waals surface area contributed by atoms with E-state index in [2.05, 4.69) is 11.6 Å². The van der Waals surface area contributed by atoms with Crippen LogP contribution >= 0.6 is 0 Å². The summed E-state index contributed by atoms with van der Waals surface area (Å²) in [6.07, 6.45) is 0.980. The molecule has 2 aromatic carbocycles. The van der Waals surface area contributed by atoms with E-state index in [-0.39, 0.29) is 11.8 Å². The zero-order chi connectivity index (χ0) is 16.2. The SMILES string of the molecule is CCc1ccc([C@H](C)NS(=O)(=O)Cc2cccc(C)c2)cc1. The first-order valence-corrected chi connectivity index (χ1v) is 9.19. The van der Waals surface area contributed by atoms with Crippen LogP contribution in [0.25, 0.3) is 0 Å². The lowest BCUT2D eigenvalue weighted by molar-refractivity contribution is 0.566. The van der Waals surface area contributed by atoms with Gasteiger partial charge in [0.1, 0.15) is 0 Å². The lowest BCUT2D eigenvalue weighted by Gasteiger charge is -2.15. The Kier molecular flexibility index (Phi) is 5.37. The van der Waals surface area contributed by atoms with Gasteiger partial charge in [-0.2, -0.15) is 0 Å².